The van der Waals surface area contributed by atoms with Crippen LogP contribution in [0.1, 0.15) is 18.4 Å². The van der Waals surface area contributed by atoms with Crippen LogP contribution >= 0.6 is 0 Å². The largest absolute Gasteiger partial charge is 0.329 e. The number of hydrogen-bond acceptors (Lipinski definition) is 4. The molecule has 21 heavy (non-hydrogen) atoms. The zero-order chi connectivity index (χ0) is 14.7. The second kappa shape index (κ2) is 6.05. The molecule has 0 aromatic carbocycles. The highest BCUT2D eigenvalue weighted by atomic mass is 16.2. The lowest BCUT2D eigenvalue weighted by molar-refractivity contribution is -0.123. The molecule has 0 saturated carbocycles. The van der Waals surface area contributed by atoms with E-state index in [4.69, 9.17) is 0 Å². The maximum Gasteiger partial charge on any atom is 0.329 e. The summed E-state index contributed by atoms with van der Waals surface area (Å²) < 4.78 is 0. The minimum absolute atomic E-state index is 0.254. The predicted molar refractivity (Wildman–Crippen MR) is 78.1 cm³/mol. The first kappa shape index (κ1) is 13.8. The molecular formula is C15H18N4O2. The minimum Gasteiger partial charge on any atom is -0.303 e. The number of nitrogens with one attached hydrogen (secondary N) is 1. The number of likely N-dealkylation sites (tertiary alicyclic amines) is 1. The lowest BCUT2D eigenvalue weighted by atomic mass is 10.2. The molecule has 0 unspecified atom stereocenters. The lowest BCUT2D eigenvalue weighted by Gasteiger charge is -2.18. The number of carbonyl (C=O) groups is 2. The number of carbonyl (C=O) groups excluding carboxylic acids is 2. The second-order valence-corrected chi connectivity index (χ2v) is 5.27. The van der Waals surface area contributed by atoms with Crippen molar-refractivity contribution in [2.24, 2.45) is 0 Å². The Morgan fingerprint density at radius 1 is 1.14 bits per heavy atom. The molecule has 1 aromatic rings. The number of nitrogens with zero attached hydrogens (tertiary/aromatic N) is 3. The molecule has 0 bridgehead atoms. The molecular weight excluding hydrogens is 268 g/mol. The number of pyridine rings is 1. The van der Waals surface area contributed by atoms with E-state index in [9.17, 15) is 9.59 Å². The van der Waals surface area contributed by atoms with Gasteiger partial charge in [0.1, 0.15) is 5.70 Å². The molecule has 6 heteroatoms. The van der Waals surface area contributed by atoms with Crippen molar-refractivity contribution >= 4 is 18.0 Å². The molecule has 1 aromatic heterocycles. The van der Waals surface area contributed by atoms with Gasteiger partial charge in [0.05, 0.1) is 0 Å². The Labute approximate surface area is 123 Å². The van der Waals surface area contributed by atoms with Crippen molar-refractivity contribution < 1.29 is 9.59 Å². The fourth-order valence-electron chi connectivity index (χ4n) is 2.65. The van der Waals surface area contributed by atoms with Gasteiger partial charge in [-0.3, -0.25) is 14.7 Å². The van der Waals surface area contributed by atoms with Gasteiger partial charge in [0.15, 0.2) is 0 Å². The topological polar surface area (TPSA) is 65.5 Å². The summed E-state index contributed by atoms with van der Waals surface area (Å²) in [6.45, 7) is 3.31. The van der Waals surface area contributed by atoms with E-state index in [1.807, 2.05) is 0 Å². The Hall–Kier alpha value is -2.21. The summed E-state index contributed by atoms with van der Waals surface area (Å²) in [5, 5.41) is 2.64. The summed E-state index contributed by atoms with van der Waals surface area (Å²) in [5.41, 5.74) is 1.17. The predicted octanol–water partition coefficient (Wildman–Crippen LogP) is 1.07. The van der Waals surface area contributed by atoms with E-state index in [1.54, 1.807) is 30.6 Å². The Kier molecular flexibility index (Phi) is 3.96. The Morgan fingerprint density at radius 2 is 1.86 bits per heavy atom. The van der Waals surface area contributed by atoms with E-state index in [1.165, 1.54) is 17.7 Å². The molecule has 0 aliphatic carbocycles. The maximum absolute atomic E-state index is 12.3. The summed E-state index contributed by atoms with van der Waals surface area (Å²) in [6, 6.07) is 3.25. The van der Waals surface area contributed by atoms with Crippen LogP contribution < -0.4 is 5.32 Å². The van der Waals surface area contributed by atoms with E-state index in [0.29, 0.717) is 12.2 Å². The zero-order valence-electron chi connectivity index (χ0n) is 11.8. The van der Waals surface area contributed by atoms with Crippen molar-refractivity contribution in [1.82, 2.24) is 20.1 Å². The first-order chi connectivity index (χ1) is 10.2. The Bertz CT molecular complexity index is 564. The molecule has 0 radical (unpaired) electrons. The van der Waals surface area contributed by atoms with Gasteiger partial charge in [-0.05, 0) is 49.7 Å². The van der Waals surface area contributed by atoms with Gasteiger partial charge < -0.3 is 10.2 Å². The maximum atomic E-state index is 12.3. The molecule has 3 rings (SSSR count). The number of rotatable bonds is 4. The second-order valence-electron chi connectivity index (χ2n) is 5.27. The van der Waals surface area contributed by atoms with Gasteiger partial charge in [0.2, 0.25) is 0 Å². The SMILES string of the molecule is O=C1N/C(=C\c2ccncc2)C(=O)N1CCN1CCCC1. The standard InChI is InChI=1S/C15H18N4O2/c20-14-13(11-12-3-5-16-6-4-12)17-15(21)19(14)10-9-18-7-1-2-8-18/h3-6,11H,1-2,7-10H2,(H,17,21)/b13-11-. The van der Waals surface area contributed by atoms with Crippen LogP contribution in [0, 0.1) is 0 Å². The van der Waals surface area contributed by atoms with Crippen molar-refractivity contribution in [2.45, 2.75) is 12.8 Å². The Morgan fingerprint density at radius 3 is 2.57 bits per heavy atom. The fraction of sp³-hybridized carbons (Fsp3) is 0.400. The number of amides is 3. The molecule has 2 aliphatic rings. The van der Waals surface area contributed by atoms with Gasteiger partial charge in [-0.15, -0.1) is 0 Å². The van der Waals surface area contributed by atoms with Gasteiger partial charge in [0, 0.05) is 25.5 Å². The van der Waals surface area contributed by atoms with E-state index >= 15 is 0 Å². The number of hydrogen-bond donors (Lipinski definition) is 1. The first-order valence-corrected chi connectivity index (χ1v) is 7.21. The summed E-state index contributed by atoms with van der Waals surface area (Å²) >= 11 is 0. The highest BCUT2D eigenvalue weighted by Crippen LogP contribution is 2.14. The van der Waals surface area contributed by atoms with Crippen molar-refractivity contribution in [3.63, 3.8) is 0 Å². The van der Waals surface area contributed by atoms with Crippen LogP contribution in [0.25, 0.3) is 6.08 Å². The first-order valence-electron chi connectivity index (χ1n) is 7.21. The highest BCUT2D eigenvalue weighted by molar-refractivity contribution is 6.13. The molecule has 0 spiro atoms. The molecule has 0 atom stereocenters. The van der Waals surface area contributed by atoms with E-state index in [-0.39, 0.29) is 11.9 Å². The fourth-order valence-corrected chi connectivity index (χ4v) is 2.65. The molecule has 2 saturated heterocycles. The van der Waals surface area contributed by atoms with Crippen LogP contribution in [0.5, 0.6) is 0 Å². The van der Waals surface area contributed by atoms with Crippen molar-refractivity contribution in [3.05, 3.63) is 35.8 Å². The van der Waals surface area contributed by atoms with Crippen molar-refractivity contribution in [2.75, 3.05) is 26.2 Å². The third-order valence-corrected chi connectivity index (χ3v) is 3.82. The average Bonchev–Trinajstić information content (AvgIpc) is 3.08. The van der Waals surface area contributed by atoms with E-state index < -0.39 is 0 Å². The van der Waals surface area contributed by atoms with Crippen LogP contribution in [0.4, 0.5) is 4.79 Å². The molecule has 3 amide bonds. The molecule has 6 nitrogen and oxygen atoms in total. The third kappa shape index (κ3) is 3.11. The number of imide groups is 1. The molecule has 3 heterocycles. The minimum atomic E-state index is -0.334. The summed E-state index contributed by atoms with van der Waals surface area (Å²) in [7, 11) is 0. The van der Waals surface area contributed by atoms with Crippen molar-refractivity contribution in [1.29, 1.82) is 0 Å². The van der Waals surface area contributed by atoms with Gasteiger partial charge in [-0.2, -0.15) is 0 Å². The van der Waals surface area contributed by atoms with Crippen LogP contribution in [-0.2, 0) is 4.79 Å². The van der Waals surface area contributed by atoms with Gasteiger partial charge in [-0.1, -0.05) is 0 Å². The van der Waals surface area contributed by atoms with Gasteiger partial charge in [-0.25, -0.2) is 4.79 Å². The number of urea groups is 1. The lowest BCUT2D eigenvalue weighted by Crippen LogP contribution is -2.37. The smallest absolute Gasteiger partial charge is 0.303 e. The molecule has 2 fully saturated rings. The zero-order valence-corrected chi connectivity index (χ0v) is 11.8. The summed E-state index contributed by atoms with van der Waals surface area (Å²) in [4.78, 5) is 31.7. The third-order valence-electron chi connectivity index (χ3n) is 3.82. The monoisotopic (exact) mass is 286 g/mol. The summed E-state index contributed by atoms with van der Waals surface area (Å²) in [6.07, 6.45) is 7.38. The molecule has 2 aliphatic heterocycles. The van der Waals surface area contributed by atoms with Crippen LogP contribution in [0.3, 0.4) is 0 Å². The summed E-state index contributed by atoms with van der Waals surface area (Å²) in [5.74, 6) is -0.254. The van der Waals surface area contributed by atoms with Crippen LogP contribution in [-0.4, -0.2) is 52.9 Å². The number of aromatic nitrogens is 1. The van der Waals surface area contributed by atoms with Crippen LogP contribution in [0.15, 0.2) is 30.2 Å². The Balaban J connectivity index is 1.65. The quantitative estimate of drug-likeness (QED) is 0.664. The normalized spacial score (nSPS) is 21.3. The van der Waals surface area contributed by atoms with Gasteiger partial charge in [0.25, 0.3) is 5.91 Å². The highest BCUT2D eigenvalue weighted by Gasteiger charge is 2.33. The van der Waals surface area contributed by atoms with E-state index in [0.717, 1.165) is 25.2 Å². The molecule has 1 N–H and O–H groups in total. The van der Waals surface area contributed by atoms with Gasteiger partial charge >= 0.3 is 6.03 Å². The average molecular weight is 286 g/mol. The van der Waals surface area contributed by atoms with Crippen LogP contribution in [0.2, 0.25) is 0 Å². The van der Waals surface area contributed by atoms with E-state index in [2.05, 4.69) is 15.2 Å². The van der Waals surface area contributed by atoms with Crippen molar-refractivity contribution in [3.8, 4) is 0 Å². The molecule has 110 valence electrons.